The van der Waals surface area contributed by atoms with Crippen molar-refractivity contribution in [3.8, 4) is 0 Å². The SMILES string of the molecule is CCC[C@H](O)[C@H](CNCc1ccc(C)cc1C)N1CC[C@H](NC(=O)c2cc(C(F)(F)F)ccc2N)C1=O. The van der Waals surface area contributed by atoms with Crippen molar-refractivity contribution in [2.45, 2.75) is 70.9 Å². The number of hydrogen-bond donors (Lipinski definition) is 4. The number of aliphatic hydroxyl groups is 1. The fraction of sp³-hybridized carbons (Fsp3) is 0.481. The Morgan fingerprint density at radius 3 is 2.59 bits per heavy atom. The summed E-state index contributed by atoms with van der Waals surface area (Å²) < 4.78 is 39.3. The number of aliphatic hydroxyl groups excluding tert-OH is 1. The molecule has 1 aliphatic rings. The van der Waals surface area contributed by atoms with E-state index in [4.69, 9.17) is 5.73 Å². The standard InChI is InChI=1S/C27H35F3N4O3/c1-4-5-24(35)23(15-32-14-18-7-6-16(2)12-17(18)3)34-11-10-22(26(34)37)33-25(36)20-13-19(27(28,29)30)8-9-21(20)31/h6-9,12-13,22-24,32,35H,4-5,10-11,14-15,31H2,1-3H3,(H,33,36)/t22-,23-,24-/m0/s1. The molecule has 1 fully saturated rings. The van der Waals surface area contributed by atoms with Crippen LogP contribution in [0.3, 0.4) is 0 Å². The van der Waals surface area contributed by atoms with Gasteiger partial charge in [0.2, 0.25) is 5.91 Å². The van der Waals surface area contributed by atoms with Crippen LogP contribution in [0.25, 0.3) is 0 Å². The molecular formula is C27H35F3N4O3. The average Bonchev–Trinajstić information content (AvgIpc) is 3.17. The number of likely N-dealkylation sites (tertiary alicyclic amines) is 1. The molecule has 0 radical (unpaired) electrons. The quantitative estimate of drug-likeness (QED) is 0.359. The Morgan fingerprint density at radius 2 is 1.95 bits per heavy atom. The van der Waals surface area contributed by atoms with Gasteiger partial charge in [-0.25, -0.2) is 0 Å². The molecular weight excluding hydrogens is 485 g/mol. The number of benzene rings is 2. The van der Waals surface area contributed by atoms with Crippen molar-refractivity contribution in [3.05, 3.63) is 64.2 Å². The zero-order valence-electron chi connectivity index (χ0n) is 21.4. The summed E-state index contributed by atoms with van der Waals surface area (Å²) in [4.78, 5) is 27.5. The van der Waals surface area contributed by atoms with Gasteiger partial charge >= 0.3 is 6.18 Å². The molecule has 0 bridgehead atoms. The highest BCUT2D eigenvalue weighted by Gasteiger charge is 2.39. The Balaban J connectivity index is 1.69. The molecule has 7 nitrogen and oxygen atoms in total. The molecule has 10 heteroatoms. The summed E-state index contributed by atoms with van der Waals surface area (Å²) in [5.41, 5.74) is 7.73. The Labute approximate surface area is 215 Å². The maximum atomic E-state index is 13.2. The number of aryl methyl sites for hydroxylation is 2. The molecule has 3 atom stereocenters. The van der Waals surface area contributed by atoms with Crippen LogP contribution < -0.4 is 16.4 Å². The van der Waals surface area contributed by atoms with Crippen LogP contribution in [0.5, 0.6) is 0 Å². The van der Waals surface area contributed by atoms with Crippen LogP contribution in [0.15, 0.2) is 36.4 Å². The van der Waals surface area contributed by atoms with Crippen LogP contribution in [-0.2, 0) is 17.5 Å². The first-order valence-electron chi connectivity index (χ1n) is 12.4. The van der Waals surface area contributed by atoms with Gasteiger partial charge in [-0.2, -0.15) is 13.2 Å². The number of amides is 2. The van der Waals surface area contributed by atoms with Gasteiger partial charge in [0.25, 0.3) is 5.91 Å². The normalized spacial score (nSPS) is 17.6. The molecule has 202 valence electrons. The lowest BCUT2D eigenvalue weighted by Crippen LogP contribution is -2.52. The van der Waals surface area contributed by atoms with Crippen molar-refractivity contribution in [1.29, 1.82) is 0 Å². The van der Waals surface area contributed by atoms with Crippen LogP contribution in [0.1, 0.15) is 58.8 Å². The molecule has 2 aromatic rings. The van der Waals surface area contributed by atoms with Crippen molar-refractivity contribution in [1.82, 2.24) is 15.5 Å². The van der Waals surface area contributed by atoms with Crippen LogP contribution in [0, 0.1) is 13.8 Å². The van der Waals surface area contributed by atoms with Gasteiger partial charge in [0.05, 0.1) is 23.3 Å². The lowest BCUT2D eigenvalue weighted by molar-refractivity contribution is -0.137. The summed E-state index contributed by atoms with van der Waals surface area (Å²) in [5.74, 6) is -1.23. The molecule has 5 N–H and O–H groups in total. The first-order chi connectivity index (χ1) is 17.4. The number of alkyl halides is 3. The lowest BCUT2D eigenvalue weighted by atomic mass is 10.0. The third-order valence-electron chi connectivity index (χ3n) is 6.77. The van der Waals surface area contributed by atoms with E-state index in [1.807, 2.05) is 32.9 Å². The number of halogens is 3. The summed E-state index contributed by atoms with van der Waals surface area (Å²) in [7, 11) is 0. The Morgan fingerprint density at radius 1 is 1.22 bits per heavy atom. The zero-order valence-corrected chi connectivity index (χ0v) is 21.4. The van der Waals surface area contributed by atoms with Crippen LogP contribution in [0.2, 0.25) is 0 Å². The van der Waals surface area contributed by atoms with Crippen molar-refractivity contribution in [2.24, 2.45) is 0 Å². The van der Waals surface area contributed by atoms with E-state index in [0.29, 0.717) is 32.1 Å². The summed E-state index contributed by atoms with van der Waals surface area (Å²) in [6.07, 6.45) is -3.90. The number of anilines is 1. The minimum atomic E-state index is -4.63. The predicted molar refractivity (Wildman–Crippen MR) is 136 cm³/mol. The van der Waals surface area contributed by atoms with E-state index in [9.17, 15) is 27.9 Å². The van der Waals surface area contributed by atoms with Gasteiger partial charge in [-0.05, 0) is 56.0 Å². The lowest BCUT2D eigenvalue weighted by Gasteiger charge is -2.32. The minimum Gasteiger partial charge on any atom is -0.398 e. The fourth-order valence-corrected chi connectivity index (χ4v) is 4.67. The van der Waals surface area contributed by atoms with Crippen molar-refractivity contribution < 1.29 is 27.9 Å². The van der Waals surface area contributed by atoms with Gasteiger partial charge in [-0.3, -0.25) is 9.59 Å². The number of nitrogen functional groups attached to an aromatic ring is 1. The number of nitrogens with one attached hydrogen (secondary N) is 2. The van der Waals surface area contributed by atoms with Gasteiger partial charge in [0, 0.05) is 25.3 Å². The number of carbonyl (C=O) groups is 2. The molecule has 0 spiro atoms. The number of carbonyl (C=O) groups excluding carboxylic acids is 2. The Bertz CT molecular complexity index is 1120. The van der Waals surface area contributed by atoms with Crippen molar-refractivity contribution in [3.63, 3.8) is 0 Å². The second kappa shape index (κ2) is 12.0. The molecule has 2 aromatic carbocycles. The molecule has 0 saturated carbocycles. The van der Waals surface area contributed by atoms with Gasteiger partial charge in [0.15, 0.2) is 0 Å². The van der Waals surface area contributed by atoms with Crippen LogP contribution in [-0.4, -0.2) is 53.1 Å². The molecule has 0 aromatic heterocycles. The van der Waals surface area contributed by atoms with E-state index in [0.717, 1.165) is 29.7 Å². The minimum absolute atomic E-state index is 0.111. The third kappa shape index (κ3) is 7.01. The van der Waals surface area contributed by atoms with E-state index >= 15 is 0 Å². The summed E-state index contributed by atoms with van der Waals surface area (Å²) in [6, 6.07) is 7.25. The summed E-state index contributed by atoms with van der Waals surface area (Å²) in [5, 5.41) is 16.7. The van der Waals surface area contributed by atoms with E-state index in [2.05, 4.69) is 16.7 Å². The third-order valence-corrected chi connectivity index (χ3v) is 6.77. The largest absolute Gasteiger partial charge is 0.416 e. The van der Waals surface area contributed by atoms with Crippen LogP contribution >= 0.6 is 0 Å². The second-order valence-corrected chi connectivity index (χ2v) is 9.63. The fourth-order valence-electron chi connectivity index (χ4n) is 4.67. The molecule has 1 aliphatic heterocycles. The molecule has 2 amide bonds. The van der Waals surface area contributed by atoms with E-state index in [-0.39, 0.29) is 23.6 Å². The molecule has 0 unspecified atom stereocenters. The average molecular weight is 521 g/mol. The van der Waals surface area contributed by atoms with Crippen LogP contribution in [0.4, 0.5) is 18.9 Å². The first-order valence-corrected chi connectivity index (χ1v) is 12.4. The maximum absolute atomic E-state index is 13.2. The Kier molecular flexibility index (Phi) is 9.20. The monoisotopic (exact) mass is 520 g/mol. The molecule has 1 heterocycles. The number of nitrogens with zero attached hydrogens (tertiary/aromatic N) is 1. The summed E-state index contributed by atoms with van der Waals surface area (Å²) in [6.45, 7) is 7.22. The van der Waals surface area contributed by atoms with E-state index < -0.39 is 35.8 Å². The highest BCUT2D eigenvalue weighted by atomic mass is 19.4. The van der Waals surface area contributed by atoms with Crippen molar-refractivity contribution in [2.75, 3.05) is 18.8 Å². The molecule has 3 rings (SSSR count). The number of hydrogen-bond acceptors (Lipinski definition) is 5. The number of rotatable bonds is 10. The second-order valence-electron chi connectivity index (χ2n) is 9.63. The van der Waals surface area contributed by atoms with Gasteiger partial charge < -0.3 is 26.4 Å². The number of nitrogens with two attached hydrogens (primary N) is 1. The predicted octanol–water partition coefficient (Wildman–Crippen LogP) is 3.55. The van der Waals surface area contributed by atoms with E-state index in [1.165, 1.54) is 5.56 Å². The summed E-state index contributed by atoms with van der Waals surface area (Å²) >= 11 is 0. The van der Waals surface area contributed by atoms with E-state index in [1.54, 1.807) is 4.90 Å². The molecule has 37 heavy (non-hydrogen) atoms. The topological polar surface area (TPSA) is 108 Å². The molecule has 0 aliphatic carbocycles. The van der Waals surface area contributed by atoms with Gasteiger partial charge in [0.1, 0.15) is 6.04 Å². The first kappa shape index (κ1) is 28.5. The van der Waals surface area contributed by atoms with Gasteiger partial charge in [-0.1, -0.05) is 37.1 Å². The Hall–Kier alpha value is -3.11. The van der Waals surface area contributed by atoms with Crippen molar-refractivity contribution >= 4 is 17.5 Å². The highest BCUT2D eigenvalue weighted by molar-refractivity contribution is 6.02. The smallest absolute Gasteiger partial charge is 0.398 e. The zero-order chi connectivity index (χ0) is 27.3. The molecule has 1 saturated heterocycles. The maximum Gasteiger partial charge on any atom is 0.416 e. The highest BCUT2D eigenvalue weighted by Crippen LogP contribution is 2.31. The van der Waals surface area contributed by atoms with Gasteiger partial charge in [-0.15, -0.1) is 0 Å².